The van der Waals surface area contributed by atoms with Gasteiger partial charge in [-0.25, -0.2) is 4.39 Å². The van der Waals surface area contributed by atoms with Crippen molar-refractivity contribution in [2.45, 2.75) is 0 Å². The van der Waals surface area contributed by atoms with E-state index in [-0.39, 0.29) is 5.69 Å². The largest absolute Gasteiger partial charge is 0.381 e. The average Bonchev–Trinajstić information content (AvgIpc) is 2.14. The second-order valence-corrected chi connectivity index (χ2v) is 2.62. The predicted molar refractivity (Wildman–Crippen MR) is 51.7 cm³/mol. The fourth-order valence-electron chi connectivity index (χ4n) is 0.972. The summed E-state index contributed by atoms with van der Waals surface area (Å²) in [7, 11) is 0. The van der Waals surface area contributed by atoms with Gasteiger partial charge in [-0.2, -0.15) is 0 Å². The van der Waals surface area contributed by atoms with Gasteiger partial charge in [-0.05, 0) is 6.07 Å². The number of halogens is 1. The van der Waals surface area contributed by atoms with Crippen LogP contribution in [0.15, 0.2) is 30.9 Å². The van der Waals surface area contributed by atoms with E-state index in [1.165, 1.54) is 12.1 Å². The minimum absolute atomic E-state index is 0.267. The summed E-state index contributed by atoms with van der Waals surface area (Å²) in [4.78, 5) is 9.73. The second kappa shape index (κ2) is 4.36. The molecule has 1 aromatic carbocycles. The number of nitrogens with one attached hydrogen (secondary N) is 1. The van der Waals surface area contributed by atoms with Crippen LogP contribution in [0.1, 0.15) is 0 Å². The van der Waals surface area contributed by atoms with Gasteiger partial charge in [-0.1, -0.05) is 6.08 Å². The normalized spacial score (nSPS) is 9.50. The van der Waals surface area contributed by atoms with Gasteiger partial charge in [0.25, 0.3) is 5.69 Å². The minimum Gasteiger partial charge on any atom is -0.381 e. The zero-order chi connectivity index (χ0) is 10.6. The Balaban J connectivity index is 2.94. The third kappa shape index (κ3) is 2.55. The number of rotatable bonds is 4. The van der Waals surface area contributed by atoms with Crippen molar-refractivity contribution in [2.75, 3.05) is 11.9 Å². The second-order valence-electron chi connectivity index (χ2n) is 2.62. The fourth-order valence-corrected chi connectivity index (χ4v) is 0.972. The SMILES string of the molecule is C=CCNc1cc(F)cc([N+](=O)[O-])c1. The van der Waals surface area contributed by atoms with Gasteiger partial charge in [0.2, 0.25) is 0 Å². The zero-order valence-corrected chi connectivity index (χ0v) is 7.37. The van der Waals surface area contributed by atoms with Gasteiger partial charge >= 0.3 is 0 Å². The van der Waals surface area contributed by atoms with Crippen LogP contribution in [-0.2, 0) is 0 Å². The van der Waals surface area contributed by atoms with E-state index in [0.29, 0.717) is 12.2 Å². The summed E-state index contributed by atoms with van der Waals surface area (Å²) >= 11 is 0. The van der Waals surface area contributed by atoms with E-state index in [0.717, 1.165) is 6.07 Å². The molecule has 1 N–H and O–H groups in total. The van der Waals surface area contributed by atoms with Gasteiger partial charge in [-0.3, -0.25) is 10.1 Å². The van der Waals surface area contributed by atoms with Crippen molar-refractivity contribution >= 4 is 11.4 Å². The highest BCUT2D eigenvalue weighted by atomic mass is 19.1. The molecule has 0 fully saturated rings. The Morgan fingerprint density at radius 3 is 2.86 bits per heavy atom. The van der Waals surface area contributed by atoms with Crippen LogP contribution < -0.4 is 5.32 Å². The van der Waals surface area contributed by atoms with E-state index < -0.39 is 10.7 Å². The summed E-state index contributed by atoms with van der Waals surface area (Å²) in [5, 5.41) is 13.1. The first-order chi connectivity index (χ1) is 6.63. The van der Waals surface area contributed by atoms with E-state index in [1.807, 2.05) is 0 Å². The van der Waals surface area contributed by atoms with Crippen molar-refractivity contribution in [3.63, 3.8) is 0 Å². The number of anilines is 1. The highest BCUT2D eigenvalue weighted by molar-refractivity contribution is 5.51. The summed E-state index contributed by atoms with van der Waals surface area (Å²) in [5.41, 5.74) is 0.105. The lowest BCUT2D eigenvalue weighted by atomic mass is 10.2. The molecule has 0 aliphatic carbocycles. The van der Waals surface area contributed by atoms with E-state index in [2.05, 4.69) is 11.9 Å². The number of hydrogen-bond acceptors (Lipinski definition) is 3. The van der Waals surface area contributed by atoms with Crippen molar-refractivity contribution in [2.24, 2.45) is 0 Å². The average molecular weight is 196 g/mol. The van der Waals surface area contributed by atoms with Crippen molar-refractivity contribution < 1.29 is 9.31 Å². The van der Waals surface area contributed by atoms with Gasteiger partial charge in [0.1, 0.15) is 5.82 Å². The molecule has 1 rings (SSSR count). The Morgan fingerprint density at radius 1 is 1.57 bits per heavy atom. The van der Waals surface area contributed by atoms with Crippen LogP contribution in [0.3, 0.4) is 0 Å². The van der Waals surface area contributed by atoms with E-state index >= 15 is 0 Å². The number of benzene rings is 1. The Hall–Kier alpha value is -1.91. The topological polar surface area (TPSA) is 55.2 Å². The quantitative estimate of drug-likeness (QED) is 0.456. The molecular weight excluding hydrogens is 187 g/mol. The molecule has 0 amide bonds. The Bertz CT molecular complexity index is 366. The number of nitro groups is 1. The molecule has 4 nitrogen and oxygen atoms in total. The van der Waals surface area contributed by atoms with Crippen LogP contribution in [0, 0.1) is 15.9 Å². The number of non-ortho nitro benzene ring substituents is 1. The van der Waals surface area contributed by atoms with Gasteiger partial charge in [-0.15, -0.1) is 6.58 Å². The number of nitrogens with zero attached hydrogens (tertiary/aromatic N) is 1. The first-order valence-corrected chi connectivity index (χ1v) is 3.93. The Labute approximate surface area is 80.2 Å². The monoisotopic (exact) mass is 196 g/mol. The van der Waals surface area contributed by atoms with Crippen molar-refractivity contribution in [1.82, 2.24) is 0 Å². The van der Waals surface area contributed by atoms with Crippen molar-refractivity contribution in [3.8, 4) is 0 Å². The van der Waals surface area contributed by atoms with Crippen LogP contribution in [0.5, 0.6) is 0 Å². The highest BCUT2D eigenvalue weighted by Crippen LogP contribution is 2.19. The molecule has 0 saturated heterocycles. The smallest absolute Gasteiger partial charge is 0.274 e. The first kappa shape index (κ1) is 10.2. The van der Waals surface area contributed by atoms with E-state index in [1.54, 1.807) is 6.08 Å². The summed E-state index contributed by atoms with van der Waals surface area (Å²) in [6.07, 6.45) is 1.58. The fraction of sp³-hybridized carbons (Fsp3) is 0.111. The molecule has 5 heteroatoms. The maximum atomic E-state index is 12.8. The zero-order valence-electron chi connectivity index (χ0n) is 7.37. The Kier molecular flexibility index (Phi) is 3.17. The molecule has 0 aliphatic rings. The maximum Gasteiger partial charge on any atom is 0.274 e. The number of nitro benzene ring substituents is 1. The summed E-state index contributed by atoms with van der Waals surface area (Å²) < 4.78 is 12.8. The van der Waals surface area contributed by atoms with E-state index in [9.17, 15) is 14.5 Å². The van der Waals surface area contributed by atoms with Crippen molar-refractivity contribution in [3.05, 3.63) is 46.8 Å². The molecule has 0 unspecified atom stereocenters. The van der Waals surface area contributed by atoms with Crippen LogP contribution in [0.2, 0.25) is 0 Å². The first-order valence-electron chi connectivity index (χ1n) is 3.93. The van der Waals surface area contributed by atoms with Crippen LogP contribution in [-0.4, -0.2) is 11.5 Å². The third-order valence-corrected chi connectivity index (χ3v) is 1.54. The van der Waals surface area contributed by atoms with Gasteiger partial charge in [0.05, 0.1) is 11.0 Å². The highest BCUT2D eigenvalue weighted by Gasteiger charge is 2.08. The minimum atomic E-state index is -0.637. The molecule has 0 aromatic heterocycles. The summed E-state index contributed by atoms with van der Waals surface area (Å²) in [5.74, 6) is -0.634. The maximum absolute atomic E-state index is 12.8. The van der Waals surface area contributed by atoms with Crippen LogP contribution in [0.4, 0.5) is 15.8 Å². The molecule has 0 radical (unpaired) electrons. The lowest BCUT2D eigenvalue weighted by molar-refractivity contribution is -0.385. The molecule has 0 heterocycles. The predicted octanol–water partition coefficient (Wildman–Crippen LogP) is 2.33. The number of hydrogen-bond donors (Lipinski definition) is 1. The van der Waals surface area contributed by atoms with Crippen LogP contribution in [0.25, 0.3) is 0 Å². The summed E-state index contributed by atoms with van der Waals surface area (Å²) in [6.45, 7) is 3.90. The molecule has 1 aromatic rings. The lowest BCUT2D eigenvalue weighted by Crippen LogP contribution is -1.99. The molecule has 14 heavy (non-hydrogen) atoms. The molecule has 0 atom stereocenters. The molecule has 0 aliphatic heterocycles. The lowest BCUT2D eigenvalue weighted by Gasteiger charge is -2.02. The Morgan fingerprint density at radius 2 is 2.29 bits per heavy atom. The standard InChI is InChI=1S/C9H9FN2O2/c1-2-3-11-8-4-7(10)5-9(6-8)12(13)14/h2,4-6,11H,1,3H2. The van der Waals surface area contributed by atoms with E-state index in [4.69, 9.17) is 0 Å². The molecule has 0 saturated carbocycles. The van der Waals surface area contributed by atoms with Gasteiger partial charge in [0, 0.05) is 18.3 Å². The van der Waals surface area contributed by atoms with Crippen molar-refractivity contribution in [1.29, 1.82) is 0 Å². The van der Waals surface area contributed by atoms with Gasteiger partial charge in [0.15, 0.2) is 0 Å². The molecule has 0 bridgehead atoms. The third-order valence-electron chi connectivity index (χ3n) is 1.54. The molecule has 74 valence electrons. The summed E-state index contributed by atoms with van der Waals surface area (Å²) in [6, 6.07) is 3.34. The molecular formula is C9H9FN2O2. The molecule has 0 spiro atoms. The van der Waals surface area contributed by atoms with Gasteiger partial charge < -0.3 is 5.32 Å². The van der Waals surface area contributed by atoms with Crippen LogP contribution >= 0.6 is 0 Å².